The Labute approximate surface area is 105 Å². The van der Waals surface area contributed by atoms with E-state index in [0.717, 1.165) is 26.2 Å². The summed E-state index contributed by atoms with van der Waals surface area (Å²) >= 11 is 0. The smallest absolute Gasteiger partial charge is 0.0589 e. The molecule has 0 aliphatic carbocycles. The Bertz CT molecular complexity index is 288. The number of nitrogens with one attached hydrogen (secondary N) is 1. The third-order valence-electron chi connectivity index (χ3n) is 2.81. The molecule has 0 aliphatic heterocycles. The van der Waals surface area contributed by atoms with Crippen LogP contribution >= 0.6 is 0 Å². The Morgan fingerprint density at radius 1 is 1.18 bits per heavy atom. The zero-order valence-electron chi connectivity index (χ0n) is 11.1. The van der Waals surface area contributed by atoms with Crippen LogP contribution in [0.4, 0.5) is 5.69 Å². The van der Waals surface area contributed by atoms with E-state index in [1.807, 2.05) is 18.2 Å². The summed E-state index contributed by atoms with van der Waals surface area (Å²) in [6.07, 6.45) is 0. The molecule has 0 amide bonds. The third kappa shape index (κ3) is 5.71. The van der Waals surface area contributed by atoms with Gasteiger partial charge >= 0.3 is 0 Å². The lowest BCUT2D eigenvalue weighted by Gasteiger charge is -2.26. The van der Waals surface area contributed by atoms with Crippen molar-refractivity contribution in [3.05, 3.63) is 30.3 Å². The highest BCUT2D eigenvalue weighted by molar-refractivity contribution is 5.42. The van der Waals surface area contributed by atoms with Crippen LogP contribution in [0.15, 0.2) is 30.3 Å². The molecule has 3 nitrogen and oxygen atoms in total. The first-order valence-corrected chi connectivity index (χ1v) is 6.26. The predicted octanol–water partition coefficient (Wildman–Crippen LogP) is 2.46. The molecule has 1 aromatic rings. The number of benzene rings is 1. The maximum absolute atomic E-state index is 5.13. The number of para-hydroxylation sites is 1. The topological polar surface area (TPSA) is 24.5 Å². The maximum atomic E-state index is 5.13. The van der Waals surface area contributed by atoms with E-state index in [-0.39, 0.29) is 0 Å². The number of hydrogen-bond acceptors (Lipinski definition) is 3. The van der Waals surface area contributed by atoms with Gasteiger partial charge in [-0.2, -0.15) is 0 Å². The highest BCUT2D eigenvalue weighted by Crippen LogP contribution is 2.04. The van der Waals surface area contributed by atoms with Gasteiger partial charge in [0.05, 0.1) is 6.61 Å². The Balaban J connectivity index is 2.27. The van der Waals surface area contributed by atoms with E-state index in [0.29, 0.717) is 6.04 Å². The second-order valence-corrected chi connectivity index (χ2v) is 4.42. The fraction of sp³-hybridized carbons (Fsp3) is 0.571. The number of hydrogen-bond donors (Lipinski definition) is 1. The Kier molecular flexibility index (Phi) is 6.67. The first kappa shape index (κ1) is 14.0. The molecule has 0 radical (unpaired) electrons. The molecule has 0 bridgehead atoms. The minimum Gasteiger partial charge on any atom is -0.384 e. The van der Waals surface area contributed by atoms with Crippen molar-refractivity contribution in [2.24, 2.45) is 0 Å². The normalized spacial score (nSPS) is 11.1. The summed E-state index contributed by atoms with van der Waals surface area (Å²) in [5.41, 5.74) is 1.18. The van der Waals surface area contributed by atoms with Crippen LogP contribution in [0.3, 0.4) is 0 Å². The van der Waals surface area contributed by atoms with E-state index in [1.54, 1.807) is 7.11 Å². The molecule has 0 heterocycles. The lowest BCUT2D eigenvalue weighted by molar-refractivity contribution is 0.132. The van der Waals surface area contributed by atoms with Gasteiger partial charge in [0.25, 0.3) is 0 Å². The Morgan fingerprint density at radius 2 is 1.88 bits per heavy atom. The summed E-state index contributed by atoms with van der Waals surface area (Å²) in [5, 5.41) is 3.42. The second kappa shape index (κ2) is 8.09. The number of methoxy groups -OCH3 is 1. The van der Waals surface area contributed by atoms with Gasteiger partial charge in [0, 0.05) is 38.5 Å². The average molecular weight is 236 g/mol. The lowest BCUT2D eigenvalue weighted by Crippen LogP contribution is -2.37. The number of anilines is 1. The van der Waals surface area contributed by atoms with E-state index in [9.17, 15) is 0 Å². The van der Waals surface area contributed by atoms with Gasteiger partial charge in [0.2, 0.25) is 0 Å². The van der Waals surface area contributed by atoms with Crippen LogP contribution in [-0.4, -0.2) is 44.3 Å². The van der Waals surface area contributed by atoms with Crippen molar-refractivity contribution >= 4 is 5.69 Å². The minimum atomic E-state index is 0.558. The van der Waals surface area contributed by atoms with Crippen LogP contribution in [0, 0.1) is 0 Å². The van der Waals surface area contributed by atoms with E-state index < -0.39 is 0 Å². The molecule has 3 heteroatoms. The molecule has 0 atom stereocenters. The van der Waals surface area contributed by atoms with Crippen molar-refractivity contribution in [3.63, 3.8) is 0 Å². The molecular weight excluding hydrogens is 212 g/mol. The van der Waals surface area contributed by atoms with Gasteiger partial charge < -0.3 is 10.1 Å². The minimum absolute atomic E-state index is 0.558. The molecule has 1 aromatic carbocycles. The fourth-order valence-corrected chi connectivity index (χ4v) is 1.74. The summed E-state index contributed by atoms with van der Waals surface area (Å²) in [4.78, 5) is 2.42. The van der Waals surface area contributed by atoms with Gasteiger partial charge in [-0.25, -0.2) is 0 Å². The van der Waals surface area contributed by atoms with Crippen LogP contribution in [0.2, 0.25) is 0 Å². The molecule has 0 fully saturated rings. The zero-order valence-corrected chi connectivity index (χ0v) is 11.1. The van der Waals surface area contributed by atoms with Gasteiger partial charge in [0.1, 0.15) is 0 Å². The molecule has 17 heavy (non-hydrogen) atoms. The van der Waals surface area contributed by atoms with Gasteiger partial charge in [-0.1, -0.05) is 18.2 Å². The van der Waals surface area contributed by atoms with Crippen molar-refractivity contribution in [1.29, 1.82) is 0 Å². The van der Waals surface area contributed by atoms with E-state index in [4.69, 9.17) is 4.74 Å². The Morgan fingerprint density at radius 3 is 2.47 bits per heavy atom. The third-order valence-corrected chi connectivity index (χ3v) is 2.81. The predicted molar refractivity (Wildman–Crippen MR) is 73.5 cm³/mol. The second-order valence-electron chi connectivity index (χ2n) is 4.42. The van der Waals surface area contributed by atoms with Crippen molar-refractivity contribution in [3.8, 4) is 0 Å². The average Bonchev–Trinajstić information content (AvgIpc) is 2.34. The summed E-state index contributed by atoms with van der Waals surface area (Å²) in [7, 11) is 1.75. The van der Waals surface area contributed by atoms with Crippen molar-refractivity contribution in [2.45, 2.75) is 19.9 Å². The molecular formula is C14H24N2O. The lowest BCUT2D eigenvalue weighted by atomic mass is 10.3. The summed E-state index contributed by atoms with van der Waals surface area (Å²) < 4.78 is 5.13. The quantitative estimate of drug-likeness (QED) is 0.750. The molecule has 0 saturated heterocycles. The molecule has 0 spiro atoms. The highest BCUT2D eigenvalue weighted by atomic mass is 16.5. The van der Waals surface area contributed by atoms with Crippen LogP contribution in [0.25, 0.3) is 0 Å². The van der Waals surface area contributed by atoms with Gasteiger partial charge in [-0.05, 0) is 26.0 Å². The van der Waals surface area contributed by atoms with Crippen LogP contribution < -0.4 is 5.32 Å². The van der Waals surface area contributed by atoms with Crippen molar-refractivity contribution < 1.29 is 4.74 Å². The monoisotopic (exact) mass is 236 g/mol. The number of nitrogens with zero attached hydrogens (tertiary/aromatic N) is 1. The first-order chi connectivity index (χ1) is 8.24. The molecule has 96 valence electrons. The van der Waals surface area contributed by atoms with E-state index >= 15 is 0 Å². The number of ether oxygens (including phenoxy) is 1. The fourth-order valence-electron chi connectivity index (χ4n) is 1.74. The first-order valence-electron chi connectivity index (χ1n) is 6.26. The summed E-state index contributed by atoms with van der Waals surface area (Å²) in [6.45, 7) is 8.23. The van der Waals surface area contributed by atoms with Crippen LogP contribution in [-0.2, 0) is 4.74 Å². The zero-order chi connectivity index (χ0) is 12.5. The maximum Gasteiger partial charge on any atom is 0.0589 e. The van der Waals surface area contributed by atoms with Gasteiger partial charge in [-0.3, -0.25) is 4.90 Å². The molecule has 1 N–H and O–H groups in total. The molecule has 1 rings (SSSR count). The van der Waals surface area contributed by atoms with Crippen LogP contribution in [0.5, 0.6) is 0 Å². The van der Waals surface area contributed by atoms with Crippen molar-refractivity contribution in [1.82, 2.24) is 4.90 Å². The number of rotatable bonds is 8. The van der Waals surface area contributed by atoms with E-state index in [1.165, 1.54) is 5.69 Å². The summed E-state index contributed by atoms with van der Waals surface area (Å²) in [6, 6.07) is 10.9. The van der Waals surface area contributed by atoms with Gasteiger partial charge in [0.15, 0.2) is 0 Å². The molecule has 0 aliphatic rings. The SMILES string of the molecule is COCCN(CCNc1ccccc1)C(C)C. The Hall–Kier alpha value is -1.06. The highest BCUT2D eigenvalue weighted by Gasteiger charge is 2.07. The van der Waals surface area contributed by atoms with Gasteiger partial charge in [-0.15, -0.1) is 0 Å². The van der Waals surface area contributed by atoms with E-state index in [2.05, 4.69) is 36.2 Å². The largest absolute Gasteiger partial charge is 0.384 e. The summed E-state index contributed by atoms with van der Waals surface area (Å²) in [5.74, 6) is 0. The molecule has 0 aromatic heterocycles. The standard InChI is InChI=1S/C14H24N2O/c1-13(2)16(11-12-17-3)10-9-15-14-7-5-4-6-8-14/h4-8,13,15H,9-12H2,1-3H3. The van der Waals surface area contributed by atoms with Crippen LogP contribution in [0.1, 0.15) is 13.8 Å². The van der Waals surface area contributed by atoms with Crippen molar-refractivity contribution in [2.75, 3.05) is 38.7 Å². The molecule has 0 unspecified atom stereocenters. The molecule has 0 saturated carbocycles.